The van der Waals surface area contributed by atoms with Gasteiger partial charge in [0.15, 0.2) is 0 Å². The molecule has 2 aromatic carbocycles. The van der Waals surface area contributed by atoms with Crippen LogP contribution in [0.15, 0.2) is 40.9 Å². The first kappa shape index (κ1) is 13.5. The zero-order valence-corrected chi connectivity index (χ0v) is 11.5. The second-order valence-electron chi connectivity index (χ2n) is 3.85. The van der Waals surface area contributed by atoms with Crippen LogP contribution in [0.2, 0.25) is 5.02 Å². The van der Waals surface area contributed by atoms with Gasteiger partial charge in [0, 0.05) is 10.5 Å². The van der Waals surface area contributed by atoms with Crippen LogP contribution in [0.3, 0.4) is 0 Å². The van der Waals surface area contributed by atoms with Crippen molar-refractivity contribution < 1.29 is 8.78 Å². The molecule has 18 heavy (non-hydrogen) atoms. The largest absolute Gasteiger partial charge is 0.320 e. The Bertz CT molecular complexity index is 569. The summed E-state index contributed by atoms with van der Waals surface area (Å²) in [6.07, 6.45) is 0. The Hall–Kier alpha value is -0.970. The van der Waals surface area contributed by atoms with E-state index in [4.69, 9.17) is 17.3 Å². The molecule has 1 unspecified atom stereocenters. The van der Waals surface area contributed by atoms with E-state index in [0.29, 0.717) is 15.1 Å². The maximum atomic E-state index is 13.1. The summed E-state index contributed by atoms with van der Waals surface area (Å²) in [5.41, 5.74) is 7.07. The Kier molecular flexibility index (Phi) is 4.00. The van der Waals surface area contributed by atoms with Crippen LogP contribution in [0, 0.1) is 11.6 Å². The fraction of sp³-hybridized carbons (Fsp3) is 0.0769. The lowest BCUT2D eigenvalue weighted by atomic mass is 9.99. The first-order valence-corrected chi connectivity index (χ1v) is 6.31. The quantitative estimate of drug-likeness (QED) is 0.865. The number of benzene rings is 2. The lowest BCUT2D eigenvalue weighted by Crippen LogP contribution is -2.12. The molecule has 0 aliphatic rings. The maximum absolute atomic E-state index is 13.1. The highest BCUT2D eigenvalue weighted by molar-refractivity contribution is 9.10. The molecule has 0 saturated heterocycles. The van der Waals surface area contributed by atoms with Gasteiger partial charge in [-0.05, 0) is 51.3 Å². The molecule has 2 rings (SSSR count). The minimum absolute atomic E-state index is 0.377. The third-order valence-electron chi connectivity index (χ3n) is 2.55. The van der Waals surface area contributed by atoms with E-state index in [1.54, 1.807) is 18.2 Å². The summed E-state index contributed by atoms with van der Waals surface area (Å²) >= 11 is 9.15. The third kappa shape index (κ3) is 2.88. The van der Waals surface area contributed by atoms with E-state index in [-0.39, 0.29) is 0 Å². The van der Waals surface area contributed by atoms with Crippen molar-refractivity contribution in [3.63, 3.8) is 0 Å². The lowest BCUT2D eigenvalue weighted by molar-refractivity contribution is 0.577. The van der Waals surface area contributed by atoms with Crippen LogP contribution >= 0.6 is 27.5 Å². The van der Waals surface area contributed by atoms with Crippen molar-refractivity contribution in [1.29, 1.82) is 0 Å². The van der Waals surface area contributed by atoms with Crippen molar-refractivity contribution >= 4 is 27.5 Å². The van der Waals surface area contributed by atoms with Gasteiger partial charge in [-0.15, -0.1) is 0 Å². The van der Waals surface area contributed by atoms with Crippen LogP contribution in [0.25, 0.3) is 0 Å². The van der Waals surface area contributed by atoms with Crippen LogP contribution in [0.4, 0.5) is 8.78 Å². The molecular weight excluding hydrogens is 324 g/mol. The number of hydrogen-bond acceptors (Lipinski definition) is 1. The summed E-state index contributed by atoms with van der Waals surface area (Å²) in [5.74, 6) is -1.29. The van der Waals surface area contributed by atoms with Gasteiger partial charge in [0.05, 0.1) is 11.1 Å². The molecule has 0 heterocycles. The topological polar surface area (TPSA) is 26.0 Å². The molecule has 2 aromatic rings. The molecule has 0 aliphatic heterocycles. The minimum Gasteiger partial charge on any atom is -0.320 e. The van der Waals surface area contributed by atoms with Gasteiger partial charge in [0.25, 0.3) is 0 Å². The highest BCUT2D eigenvalue weighted by Crippen LogP contribution is 2.28. The smallest absolute Gasteiger partial charge is 0.126 e. The van der Waals surface area contributed by atoms with E-state index in [9.17, 15) is 8.78 Å². The molecule has 1 atom stereocenters. The molecule has 0 radical (unpaired) electrons. The number of halogens is 4. The molecule has 0 aliphatic carbocycles. The van der Waals surface area contributed by atoms with Gasteiger partial charge >= 0.3 is 0 Å². The van der Waals surface area contributed by atoms with Crippen molar-refractivity contribution in [1.82, 2.24) is 0 Å². The highest BCUT2D eigenvalue weighted by Gasteiger charge is 2.12. The van der Waals surface area contributed by atoms with E-state index in [0.717, 1.165) is 11.6 Å². The van der Waals surface area contributed by atoms with E-state index in [2.05, 4.69) is 15.9 Å². The van der Waals surface area contributed by atoms with Gasteiger partial charge in [-0.25, -0.2) is 8.78 Å². The predicted octanol–water partition coefficient (Wildman–Crippen LogP) is 4.43. The first-order chi connectivity index (χ1) is 8.47. The zero-order valence-electron chi connectivity index (χ0n) is 9.13. The standard InChI is InChI=1S/C13H9BrClF2N/c14-11-5-7(1-2-12(11)15)13(18)8-3-9(16)6-10(17)4-8/h1-6,13H,18H2. The van der Waals surface area contributed by atoms with Gasteiger partial charge in [-0.2, -0.15) is 0 Å². The van der Waals surface area contributed by atoms with E-state index in [1.165, 1.54) is 12.1 Å². The van der Waals surface area contributed by atoms with Crippen LogP contribution in [0.5, 0.6) is 0 Å². The molecule has 0 amide bonds. The molecule has 2 N–H and O–H groups in total. The molecule has 0 aromatic heterocycles. The van der Waals surface area contributed by atoms with E-state index in [1.807, 2.05) is 0 Å². The Morgan fingerprint density at radius 2 is 1.61 bits per heavy atom. The maximum Gasteiger partial charge on any atom is 0.126 e. The molecule has 0 bridgehead atoms. The van der Waals surface area contributed by atoms with Crippen LogP contribution in [-0.4, -0.2) is 0 Å². The van der Waals surface area contributed by atoms with E-state index < -0.39 is 17.7 Å². The van der Waals surface area contributed by atoms with Gasteiger partial charge in [0.2, 0.25) is 0 Å². The summed E-state index contributed by atoms with van der Waals surface area (Å²) in [4.78, 5) is 0. The molecule has 0 fully saturated rings. The summed E-state index contributed by atoms with van der Waals surface area (Å²) in [6, 6.07) is 7.77. The zero-order chi connectivity index (χ0) is 13.3. The predicted molar refractivity (Wildman–Crippen MR) is 71.5 cm³/mol. The molecule has 1 nitrogen and oxygen atoms in total. The van der Waals surface area contributed by atoms with Crippen molar-refractivity contribution in [2.24, 2.45) is 5.73 Å². The van der Waals surface area contributed by atoms with Crippen molar-refractivity contribution in [3.05, 3.63) is 68.7 Å². The fourth-order valence-corrected chi connectivity index (χ4v) is 2.17. The minimum atomic E-state index is -0.645. The third-order valence-corrected chi connectivity index (χ3v) is 3.76. The second kappa shape index (κ2) is 5.34. The average Bonchev–Trinajstić information content (AvgIpc) is 2.30. The molecule has 94 valence electrons. The summed E-state index contributed by atoms with van der Waals surface area (Å²) in [6.45, 7) is 0. The van der Waals surface area contributed by atoms with Crippen LogP contribution < -0.4 is 5.73 Å². The average molecular weight is 333 g/mol. The Balaban J connectivity index is 2.40. The summed E-state index contributed by atoms with van der Waals surface area (Å²) in [5, 5.41) is 0.552. The normalized spacial score (nSPS) is 12.5. The van der Waals surface area contributed by atoms with E-state index >= 15 is 0 Å². The second-order valence-corrected chi connectivity index (χ2v) is 5.12. The van der Waals surface area contributed by atoms with Crippen molar-refractivity contribution in [2.75, 3.05) is 0 Å². The summed E-state index contributed by atoms with van der Waals surface area (Å²) in [7, 11) is 0. The Labute approximate surface area is 117 Å². The number of rotatable bonds is 2. The lowest BCUT2D eigenvalue weighted by Gasteiger charge is -2.13. The Morgan fingerprint density at radius 1 is 1.00 bits per heavy atom. The van der Waals surface area contributed by atoms with Gasteiger partial charge < -0.3 is 5.73 Å². The van der Waals surface area contributed by atoms with Gasteiger partial charge in [-0.1, -0.05) is 17.7 Å². The van der Waals surface area contributed by atoms with Gasteiger partial charge in [0.1, 0.15) is 11.6 Å². The number of hydrogen-bond donors (Lipinski definition) is 1. The molecular formula is C13H9BrClF2N. The molecule has 5 heteroatoms. The van der Waals surface area contributed by atoms with Crippen molar-refractivity contribution in [2.45, 2.75) is 6.04 Å². The van der Waals surface area contributed by atoms with Crippen LogP contribution in [0.1, 0.15) is 17.2 Å². The number of nitrogens with two attached hydrogens (primary N) is 1. The monoisotopic (exact) mass is 331 g/mol. The van der Waals surface area contributed by atoms with Crippen molar-refractivity contribution in [3.8, 4) is 0 Å². The molecule has 0 spiro atoms. The first-order valence-electron chi connectivity index (χ1n) is 5.14. The highest BCUT2D eigenvalue weighted by atomic mass is 79.9. The Morgan fingerprint density at radius 3 is 2.17 bits per heavy atom. The van der Waals surface area contributed by atoms with Gasteiger partial charge in [-0.3, -0.25) is 0 Å². The SMILES string of the molecule is NC(c1cc(F)cc(F)c1)c1ccc(Cl)c(Br)c1. The van der Waals surface area contributed by atoms with Crippen LogP contribution in [-0.2, 0) is 0 Å². The fourth-order valence-electron chi connectivity index (χ4n) is 1.65. The summed E-state index contributed by atoms with van der Waals surface area (Å²) < 4.78 is 26.9. The molecule has 0 saturated carbocycles.